The lowest BCUT2D eigenvalue weighted by molar-refractivity contribution is 0.208. The van der Waals surface area contributed by atoms with E-state index < -0.39 is 16.1 Å². The van der Waals surface area contributed by atoms with Gasteiger partial charge in [0, 0.05) is 18.3 Å². The van der Waals surface area contributed by atoms with E-state index in [4.69, 9.17) is 5.11 Å². The van der Waals surface area contributed by atoms with Crippen molar-refractivity contribution in [3.63, 3.8) is 0 Å². The summed E-state index contributed by atoms with van der Waals surface area (Å²) in [6.45, 7) is 2.12. The molecule has 0 amide bonds. The fourth-order valence-corrected chi connectivity index (χ4v) is 2.81. The van der Waals surface area contributed by atoms with Crippen LogP contribution in [0.4, 0.5) is 5.69 Å². The van der Waals surface area contributed by atoms with Crippen molar-refractivity contribution in [2.45, 2.75) is 36.8 Å². The van der Waals surface area contributed by atoms with Crippen molar-refractivity contribution in [2.75, 3.05) is 11.9 Å². The molecule has 1 aliphatic carbocycles. The summed E-state index contributed by atoms with van der Waals surface area (Å²) in [5, 5.41) is 12.1. The average molecular weight is 270 g/mol. The Labute approximate surface area is 107 Å². The van der Waals surface area contributed by atoms with E-state index in [2.05, 4.69) is 10.0 Å². The maximum absolute atomic E-state index is 11.9. The van der Waals surface area contributed by atoms with Crippen LogP contribution < -0.4 is 10.0 Å². The molecule has 5 nitrogen and oxygen atoms in total. The summed E-state index contributed by atoms with van der Waals surface area (Å²) in [5.74, 6) is 0. The molecule has 0 radical (unpaired) electrons. The lowest BCUT2D eigenvalue weighted by Gasteiger charge is -2.09. The molecule has 6 heteroatoms. The number of aliphatic hydroxyl groups excluding tert-OH is 1. The minimum Gasteiger partial charge on any atom is -0.392 e. The summed E-state index contributed by atoms with van der Waals surface area (Å²) in [4.78, 5) is 0.275. The number of hydrogen-bond donors (Lipinski definition) is 3. The third-order valence-corrected chi connectivity index (χ3v) is 4.20. The molecule has 1 atom stereocenters. The number of sulfonamides is 1. The largest absolute Gasteiger partial charge is 0.392 e. The molecule has 0 heterocycles. The Balaban J connectivity index is 2.02. The molecule has 2 rings (SSSR count). The van der Waals surface area contributed by atoms with E-state index in [0.717, 1.165) is 18.5 Å². The SMILES string of the molecule is CC(O)CNc1ccc(S(=O)(=O)NC2CC2)cc1. The van der Waals surface area contributed by atoms with Crippen LogP contribution in [0.5, 0.6) is 0 Å². The van der Waals surface area contributed by atoms with Gasteiger partial charge in [-0.3, -0.25) is 0 Å². The van der Waals surface area contributed by atoms with E-state index in [1.54, 1.807) is 31.2 Å². The highest BCUT2D eigenvalue weighted by atomic mass is 32.2. The summed E-state index contributed by atoms with van der Waals surface area (Å²) in [6.07, 6.45) is 1.41. The summed E-state index contributed by atoms with van der Waals surface area (Å²) in [7, 11) is -3.37. The second-order valence-electron chi connectivity index (χ2n) is 4.65. The molecule has 100 valence electrons. The molecule has 18 heavy (non-hydrogen) atoms. The predicted octanol–water partition coefficient (Wildman–Crippen LogP) is 0.920. The molecule has 1 aromatic rings. The third-order valence-electron chi connectivity index (χ3n) is 2.67. The first-order valence-corrected chi connectivity index (χ1v) is 7.50. The topological polar surface area (TPSA) is 78.4 Å². The van der Waals surface area contributed by atoms with Gasteiger partial charge < -0.3 is 10.4 Å². The van der Waals surface area contributed by atoms with Crippen molar-refractivity contribution >= 4 is 15.7 Å². The van der Waals surface area contributed by atoms with Crippen LogP contribution in [0.25, 0.3) is 0 Å². The molecule has 1 aromatic carbocycles. The van der Waals surface area contributed by atoms with E-state index in [9.17, 15) is 8.42 Å². The smallest absolute Gasteiger partial charge is 0.240 e. The van der Waals surface area contributed by atoms with Crippen LogP contribution in [-0.4, -0.2) is 32.2 Å². The van der Waals surface area contributed by atoms with Crippen molar-refractivity contribution in [1.82, 2.24) is 4.72 Å². The van der Waals surface area contributed by atoms with Crippen LogP contribution in [0.3, 0.4) is 0 Å². The van der Waals surface area contributed by atoms with E-state index >= 15 is 0 Å². The highest BCUT2D eigenvalue weighted by molar-refractivity contribution is 7.89. The molecule has 0 bridgehead atoms. The van der Waals surface area contributed by atoms with E-state index in [0.29, 0.717) is 6.54 Å². The van der Waals surface area contributed by atoms with Gasteiger partial charge >= 0.3 is 0 Å². The van der Waals surface area contributed by atoms with Gasteiger partial charge in [-0.25, -0.2) is 13.1 Å². The Bertz CT molecular complexity index is 493. The zero-order chi connectivity index (χ0) is 13.2. The Morgan fingerprint density at radius 2 is 1.94 bits per heavy atom. The van der Waals surface area contributed by atoms with Crippen molar-refractivity contribution in [3.05, 3.63) is 24.3 Å². The molecule has 0 aliphatic heterocycles. The van der Waals surface area contributed by atoms with Gasteiger partial charge in [-0.05, 0) is 44.0 Å². The molecular formula is C12H18N2O3S. The Morgan fingerprint density at radius 1 is 1.33 bits per heavy atom. The molecular weight excluding hydrogens is 252 g/mol. The Hall–Kier alpha value is -1.11. The van der Waals surface area contributed by atoms with Crippen molar-refractivity contribution in [1.29, 1.82) is 0 Å². The molecule has 1 fully saturated rings. The average Bonchev–Trinajstić information content (AvgIpc) is 3.10. The first-order valence-electron chi connectivity index (χ1n) is 6.02. The lowest BCUT2D eigenvalue weighted by Crippen LogP contribution is -2.25. The predicted molar refractivity (Wildman–Crippen MR) is 70.0 cm³/mol. The van der Waals surface area contributed by atoms with Gasteiger partial charge in [0.2, 0.25) is 10.0 Å². The van der Waals surface area contributed by atoms with Gasteiger partial charge in [0.25, 0.3) is 0 Å². The minimum atomic E-state index is -3.37. The number of rotatable bonds is 6. The van der Waals surface area contributed by atoms with E-state index in [1.165, 1.54) is 0 Å². The van der Waals surface area contributed by atoms with Crippen LogP contribution in [0.1, 0.15) is 19.8 Å². The molecule has 3 N–H and O–H groups in total. The second-order valence-corrected chi connectivity index (χ2v) is 6.36. The number of benzene rings is 1. The monoisotopic (exact) mass is 270 g/mol. The first kappa shape index (κ1) is 13.3. The molecule has 0 spiro atoms. The van der Waals surface area contributed by atoms with Gasteiger partial charge in [0.15, 0.2) is 0 Å². The van der Waals surface area contributed by atoms with Gasteiger partial charge in [-0.1, -0.05) is 0 Å². The fraction of sp³-hybridized carbons (Fsp3) is 0.500. The van der Waals surface area contributed by atoms with E-state index in [1.807, 2.05) is 0 Å². The van der Waals surface area contributed by atoms with Crippen LogP contribution in [0.2, 0.25) is 0 Å². The fourth-order valence-electron chi connectivity index (χ4n) is 1.51. The number of anilines is 1. The summed E-state index contributed by atoms with van der Waals surface area (Å²) in [5.41, 5.74) is 0.793. The summed E-state index contributed by atoms with van der Waals surface area (Å²) < 4.78 is 26.4. The van der Waals surface area contributed by atoms with Gasteiger partial charge in [-0.2, -0.15) is 0 Å². The summed E-state index contributed by atoms with van der Waals surface area (Å²) >= 11 is 0. The Morgan fingerprint density at radius 3 is 2.44 bits per heavy atom. The van der Waals surface area contributed by atoms with Crippen LogP contribution in [-0.2, 0) is 10.0 Å². The quantitative estimate of drug-likeness (QED) is 0.718. The van der Waals surface area contributed by atoms with Crippen LogP contribution >= 0.6 is 0 Å². The minimum absolute atomic E-state index is 0.114. The maximum Gasteiger partial charge on any atom is 0.240 e. The van der Waals surface area contributed by atoms with Crippen molar-refractivity contribution < 1.29 is 13.5 Å². The lowest BCUT2D eigenvalue weighted by atomic mass is 10.3. The van der Waals surface area contributed by atoms with Crippen LogP contribution in [0.15, 0.2) is 29.2 Å². The molecule has 1 aliphatic rings. The number of nitrogens with one attached hydrogen (secondary N) is 2. The second kappa shape index (κ2) is 5.26. The van der Waals surface area contributed by atoms with Gasteiger partial charge in [-0.15, -0.1) is 0 Å². The highest BCUT2D eigenvalue weighted by Gasteiger charge is 2.27. The maximum atomic E-state index is 11.9. The zero-order valence-electron chi connectivity index (χ0n) is 10.3. The molecule has 0 aromatic heterocycles. The molecule has 0 saturated heterocycles. The Kier molecular flexibility index (Phi) is 3.89. The van der Waals surface area contributed by atoms with Crippen molar-refractivity contribution in [3.8, 4) is 0 Å². The molecule has 1 unspecified atom stereocenters. The number of hydrogen-bond acceptors (Lipinski definition) is 4. The van der Waals surface area contributed by atoms with E-state index in [-0.39, 0.29) is 10.9 Å². The third kappa shape index (κ3) is 3.69. The van der Waals surface area contributed by atoms with Crippen LogP contribution in [0, 0.1) is 0 Å². The first-order chi connectivity index (χ1) is 8.47. The highest BCUT2D eigenvalue weighted by Crippen LogP contribution is 2.22. The normalized spacial score (nSPS) is 17.4. The van der Waals surface area contributed by atoms with Gasteiger partial charge in [0.1, 0.15) is 0 Å². The summed E-state index contributed by atoms with van der Waals surface area (Å²) in [6, 6.07) is 6.64. The zero-order valence-corrected chi connectivity index (χ0v) is 11.1. The van der Waals surface area contributed by atoms with Gasteiger partial charge in [0.05, 0.1) is 11.0 Å². The number of aliphatic hydroxyl groups is 1. The molecule has 1 saturated carbocycles. The standard InChI is InChI=1S/C12H18N2O3S/c1-9(15)8-13-10-4-6-12(7-5-10)18(16,17)14-11-2-3-11/h4-7,9,11,13-15H,2-3,8H2,1H3. The van der Waals surface area contributed by atoms with Crippen molar-refractivity contribution in [2.24, 2.45) is 0 Å².